The third-order valence-corrected chi connectivity index (χ3v) is 4.58. The molecule has 1 heterocycles. The lowest BCUT2D eigenvalue weighted by Gasteiger charge is -2.40. The van der Waals surface area contributed by atoms with Gasteiger partial charge in [-0.15, -0.1) is 0 Å². The fraction of sp³-hybridized carbons (Fsp3) is 1.00. The van der Waals surface area contributed by atoms with Crippen LogP contribution in [0.25, 0.3) is 0 Å². The molecule has 0 spiro atoms. The molecule has 1 N–H and O–H groups in total. The van der Waals surface area contributed by atoms with Gasteiger partial charge in [0.15, 0.2) is 0 Å². The minimum atomic E-state index is 0.786. The van der Waals surface area contributed by atoms with Crippen LogP contribution in [0.2, 0.25) is 0 Å². The Morgan fingerprint density at radius 3 is 2.75 bits per heavy atom. The van der Waals surface area contributed by atoms with Gasteiger partial charge in [-0.25, -0.2) is 0 Å². The van der Waals surface area contributed by atoms with E-state index in [9.17, 15) is 0 Å². The van der Waals surface area contributed by atoms with Crippen molar-refractivity contribution in [3.05, 3.63) is 0 Å². The molecule has 1 aliphatic heterocycles. The van der Waals surface area contributed by atoms with E-state index in [1.807, 2.05) is 0 Å². The molecule has 0 amide bonds. The first-order valence-corrected chi connectivity index (χ1v) is 7.28. The van der Waals surface area contributed by atoms with Gasteiger partial charge >= 0.3 is 0 Å². The highest BCUT2D eigenvalue weighted by Gasteiger charge is 2.33. The Morgan fingerprint density at radius 2 is 2.06 bits per heavy atom. The molecule has 2 fully saturated rings. The largest absolute Gasteiger partial charge is 0.317 e. The minimum Gasteiger partial charge on any atom is -0.317 e. The standard InChI is InChI=1S/C14H28N2/c1-3-6-13-7-4-5-10-16(13)14-9-8-12(11-14)15-2/h12-15H,3-11H2,1-2H3. The number of nitrogens with one attached hydrogen (secondary N) is 1. The molecule has 94 valence electrons. The Hall–Kier alpha value is -0.0800. The summed E-state index contributed by atoms with van der Waals surface area (Å²) in [4.78, 5) is 2.85. The van der Waals surface area contributed by atoms with Crippen LogP contribution in [-0.4, -0.2) is 36.6 Å². The Labute approximate surface area is 101 Å². The van der Waals surface area contributed by atoms with Crippen molar-refractivity contribution in [1.82, 2.24) is 10.2 Å². The predicted molar refractivity (Wildman–Crippen MR) is 69.7 cm³/mol. The van der Waals surface area contributed by atoms with Crippen molar-refractivity contribution < 1.29 is 0 Å². The second-order valence-corrected chi connectivity index (χ2v) is 5.63. The van der Waals surface area contributed by atoms with E-state index in [4.69, 9.17) is 0 Å². The van der Waals surface area contributed by atoms with E-state index >= 15 is 0 Å². The van der Waals surface area contributed by atoms with E-state index in [2.05, 4.69) is 24.2 Å². The number of hydrogen-bond donors (Lipinski definition) is 1. The SMILES string of the molecule is CCCC1CCCCN1C1CCC(NC)C1. The van der Waals surface area contributed by atoms with Gasteiger partial charge in [0.1, 0.15) is 0 Å². The van der Waals surface area contributed by atoms with E-state index in [1.54, 1.807) is 0 Å². The molecule has 1 aliphatic carbocycles. The highest BCUT2D eigenvalue weighted by atomic mass is 15.2. The van der Waals surface area contributed by atoms with Crippen LogP contribution < -0.4 is 5.32 Å². The lowest BCUT2D eigenvalue weighted by atomic mass is 9.95. The maximum Gasteiger partial charge on any atom is 0.0114 e. The molecule has 1 saturated heterocycles. The maximum absolute atomic E-state index is 3.45. The third kappa shape index (κ3) is 2.78. The van der Waals surface area contributed by atoms with Crippen LogP contribution in [0.3, 0.4) is 0 Å². The van der Waals surface area contributed by atoms with Gasteiger partial charge in [0, 0.05) is 18.1 Å². The number of likely N-dealkylation sites (tertiary alicyclic amines) is 1. The third-order valence-electron chi connectivity index (χ3n) is 4.58. The van der Waals surface area contributed by atoms with Crippen molar-refractivity contribution in [2.24, 2.45) is 0 Å². The number of piperidine rings is 1. The Kier molecular flexibility index (Phi) is 4.66. The first-order chi connectivity index (χ1) is 7.85. The zero-order valence-corrected chi connectivity index (χ0v) is 11.0. The maximum atomic E-state index is 3.45. The highest BCUT2D eigenvalue weighted by molar-refractivity contribution is 4.90. The average molecular weight is 224 g/mol. The summed E-state index contributed by atoms with van der Waals surface area (Å²) in [7, 11) is 2.12. The van der Waals surface area contributed by atoms with Gasteiger partial charge in [0.2, 0.25) is 0 Å². The van der Waals surface area contributed by atoms with Gasteiger partial charge < -0.3 is 5.32 Å². The quantitative estimate of drug-likeness (QED) is 0.790. The molecule has 0 aromatic rings. The minimum absolute atomic E-state index is 0.786. The molecule has 2 heteroatoms. The number of hydrogen-bond acceptors (Lipinski definition) is 2. The van der Waals surface area contributed by atoms with Gasteiger partial charge in [-0.1, -0.05) is 19.8 Å². The molecule has 0 aromatic carbocycles. The Balaban J connectivity index is 1.90. The van der Waals surface area contributed by atoms with Crippen LogP contribution in [0.4, 0.5) is 0 Å². The zero-order chi connectivity index (χ0) is 11.4. The van der Waals surface area contributed by atoms with Crippen LogP contribution in [0, 0.1) is 0 Å². The topological polar surface area (TPSA) is 15.3 Å². The monoisotopic (exact) mass is 224 g/mol. The van der Waals surface area contributed by atoms with Gasteiger partial charge in [-0.05, 0) is 52.1 Å². The van der Waals surface area contributed by atoms with E-state index in [0.717, 1.165) is 18.1 Å². The van der Waals surface area contributed by atoms with Crippen LogP contribution in [0.1, 0.15) is 58.3 Å². The second kappa shape index (κ2) is 6.02. The average Bonchev–Trinajstić information content (AvgIpc) is 2.79. The molecular weight excluding hydrogens is 196 g/mol. The van der Waals surface area contributed by atoms with Crippen LogP contribution in [0.15, 0.2) is 0 Å². The first kappa shape index (κ1) is 12.4. The summed E-state index contributed by atoms with van der Waals surface area (Å²) in [5.74, 6) is 0. The van der Waals surface area contributed by atoms with Crippen molar-refractivity contribution in [2.45, 2.75) is 76.4 Å². The Bertz CT molecular complexity index is 203. The fourth-order valence-corrected chi connectivity index (χ4v) is 3.67. The molecule has 2 nitrogen and oxygen atoms in total. The van der Waals surface area contributed by atoms with Crippen molar-refractivity contribution in [1.29, 1.82) is 0 Å². The predicted octanol–water partition coefficient (Wildman–Crippen LogP) is 2.78. The van der Waals surface area contributed by atoms with Crippen molar-refractivity contribution >= 4 is 0 Å². The summed E-state index contributed by atoms with van der Waals surface area (Å²) in [6.45, 7) is 3.70. The van der Waals surface area contributed by atoms with Crippen LogP contribution in [-0.2, 0) is 0 Å². The van der Waals surface area contributed by atoms with Crippen molar-refractivity contribution in [3.8, 4) is 0 Å². The molecule has 0 bridgehead atoms. The highest BCUT2D eigenvalue weighted by Crippen LogP contribution is 2.31. The second-order valence-electron chi connectivity index (χ2n) is 5.63. The molecule has 0 aromatic heterocycles. The van der Waals surface area contributed by atoms with Gasteiger partial charge in [-0.3, -0.25) is 4.90 Å². The normalized spacial score (nSPS) is 36.8. The molecule has 2 aliphatic rings. The van der Waals surface area contributed by atoms with E-state index in [-0.39, 0.29) is 0 Å². The van der Waals surface area contributed by atoms with E-state index < -0.39 is 0 Å². The lowest BCUT2D eigenvalue weighted by Crippen LogP contribution is -2.45. The van der Waals surface area contributed by atoms with E-state index in [0.29, 0.717) is 0 Å². The number of nitrogens with zero attached hydrogens (tertiary/aromatic N) is 1. The first-order valence-electron chi connectivity index (χ1n) is 7.28. The molecule has 3 atom stereocenters. The van der Waals surface area contributed by atoms with Crippen molar-refractivity contribution in [3.63, 3.8) is 0 Å². The lowest BCUT2D eigenvalue weighted by molar-refractivity contribution is 0.0896. The summed E-state index contributed by atoms with van der Waals surface area (Å²) >= 11 is 0. The zero-order valence-electron chi connectivity index (χ0n) is 11.0. The van der Waals surface area contributed by atoms with E-state index in [1.165, 1.54) is 57.9 Å². The summed E-state index contributed by atoms with van der Waals surface area (Å²) in [5, 5.41) is 3.45. The fourth-order valence-electron chi connectivity index (χ4n) is 3.67. The van der Waals surface area contributed by atoms with Crippen LogP contribution in [0.5, 0.6) is 0 Å². The number of rotatable bonds is 4. The van der Waals surface area contributed by atoms with Gasteiger partial charge in [0.25, 0.3) is 0 Å². The molecular formula is C14H28N2. The van der Waals surface area contributed by atoms with Gasteiger partial charge in [-0.2, -0.15) is 0 Å². The van der Waals surface area contributed by atoms with Gasteiger partial charge in [0.05, 0.1) is 0 Å². The van der Waals surface area contributed by atoms with Crippen LogP contribution >= 0.6 is 0 Å². The molecule has 16 heavy (non-hydrogen) atoms. The molecule has 2 rings (SSSR count). The summed E-state index contributed by atoms with van der Waals surface area (Å²) in [6.07, 6.45) is 11.3. The molecule has 3 unspecified atom stereocenters. The summed E-state index contributed by atoms with van der Waals surface area (Å²) in [6, 6.07) is 2.57. The summed E-state index contributed by atoms with van der Waals surface area (Å²) < 4.78 is 0. The summed E-state index contributed by atoms with van der Waals surface area (Å²) in [5.41, 5.74) is 0. The smallest absolute Gasteiger partial charge is 0.0114 e. The molecule has 1 saturated carbocycles. The van der Waals surface area contributed by atoms with Crippen molar-refractivity contribution in [2.75, 3.05) is 13.6 Å². The Morgan fingerprint density at radius 1 is 1.19 bits per heavy atom. The molecule has 0 radical (unpaired) electrons.